The van der Waals surface area contributed by atoms with Crippen molar-refractivity contribution in [2.75, 3.05) is 17.3 Å². The van der Waals surface area contributed by atoms with Crippen LogP contribution in [0.2, 0.25) is 0 Å². The highest BCUT2D eigenvalue weighted by molar-refractivity contribution is 7.90. The molecule has 6 nitrogen and oxygen atoms in total. The second-order valence-corrected chi connectivity index (χ2v) is 6.29. The summed E-state index contributed by atoms with van der Waals surface area (Å²) in [5.41, 5.74) is 5.81. The molecule has 1 amide bonds. The lowest BCUT2D eigenvalue weighted by Gasteiger charge is -2.12. The summed E-state index contributed by atoms with van der Waals surface area (Å²) in [5.74, 6) is -0.746. The molecular formula is C11H16N2O4S. The first-order valence-electron chi connectivity index (χ1n) is 5.32. The Balaban J connectivity index is 2.58. The smallest absolute Gasteiger partial charge is 0.241 e. The van der Waals surface area contributed by atoms with E-state index in [0.717, 1.165) is 6.26 Å². The standard InChI is InChI=1S/C11H16N2O4S/c1-18(16,17)7-6-8(12)11(15)13-9-4-2-3-5-10(9)14/h2-5,8,14H,6-7,12H2,1H3,(H,13,15). The predicted molar refractivity (Wildman–Crippen MR) is 69.0 cm³/mol. The number of phenolic OH excluding ortho intramolecular Hbond substituents is 1. The van der Waals surface area contributed by atoms with Crippen molar-refractivity contribution in [3.8, 4) is 5.75 Å². The molecule has 0 aromatic heterocycles. The summed E-state index contributed by atoms with van der Waals surface area (Å²) in [7, 11) is -3.14. The molecule has 18 heavy (non-hydrogen) atoms. The number of hydrogen-bond donors (Lipinski definition) is 3. The zero-order chi connectivity index (χ0) is 13.8. The van der Waals surface area contributed by atoms with E-state index in [-0.39, 0.29) is 23.6 Å². The number of anilines is 1. The van der Waals surface area contributed by atoms with Crippen LogP contribution < -0.4 is 11.1 Å². The van der Waals surface area contributed by atoms with Crippen molar-refractivity contribution in [3.63, 3.8) is 0 Å². The molecule has 0 fully saturated rings. The summed E-state index contributed by atoms with van der Waals surface area (Å²) in [6.45, 7) is 0. The molecule has 1 atom stereocenters. The Morgan fingerprint density at radius 1 is 1.44 bits per heavy atom. The van der Waals surface area contributed by atoms with Crippen LogP contribution in [0.25, 0.3) is 0 Å². The van der Waals surface area contributed by atoms with Gasteiger partial charge in [-0.15, -0.1) is 0 Å². The largest absolute Gasteiger partial charge is 0.506 e. The minimum absolute atomic E-state index is 0.0399. The number of carbonyl (C=O) groups excluding carboxylic acids is 1. The maximum atomic E-state index is 11.6. The highest BCUT2D eigenvalue weighted by Gasteiger charge is 2.16. The third-order valence-electron chi connectivity index (χ3n) is 2.30. The van der Waals surface area contributed by atoms with Crippen LogP contribution in [-0.4, -0.2) is 37.5 Å². The van der Waals surface area contributed by atoms with Gasteiger partial charge in [0.05, 0.1) is 17.5 Å². The van der Waals surface area contributed by atoms with Crippen molar-refractivity contribution in [3.05, 3.63) is 24.3 Å². The number of nitrogens with one attached hydrogen (secondary N) is 1. The van der Waals surface area contributed by atoms with E-state index < -0.39 is 21.8 Å². The Bertz CT molecular complexity index is 528. The SMILES string of the molecule is CS(=O)(=O)CCC(N)C(=O)Nc1ccccc1O. The Labute approximate surface area is 106 Å². The average molecular weight is 272 g/mol. The van der Waals surface area contributed by atoms with Crippen LogP contribution in [0.3, 0.4) is 0 Å². The number of phenols is 1. The quantitative estimate of drug-likeness (QED) is 0.658. The van der Waals surface area contributed by atoms with Gasteiger partial charge in [-0.3, -0.25) is 4.79 Å². The first-order valence-corrected chi connectivity index (χ1v) is 7.38. The monoisotopic (exact) mass is 272 g/mol. The topological polar surface area (TPSA) is 109 Å². The predicted octanol–water partition coefficient (Wildman–Crippen LogP) is 0.0927. The molecule has 7 heteroatoms. The van der Waals surface area contributed by atoms with Crippen LogP contribution in [0.15, 0.2) is 24.3 Å². The molecule has 0 saturated carbocycles. The maximum Gasteiger partial charge on any atom is 0.241 e. The Morgan fingerprint density at radius 2 is 2.06 bits per heavy atom. The number of amides is 1. The lowest BCUT2D eigenvalue weighted by Crippen LogP contribution is -2.37. The van der Waals surface area contributed by atoms with Gasteiger partial charge in [-0.25, -0.2) is 8.42 Å². The zero-order valence-corrected chi connectivity index (χ0v) is 10.8. The highest BCUT2D eigenvalue weighted by atomic mass is 32.2. The minimum atomic E-state index is -3.14. The fraction of sp³-hybridized carbons (Fsp3) is 0.364. The van der Waals surface area contributed by atoms with E-state index >= 15 is 0 Å². The van der Waals surface area contributed by atoms with Crippen LogP contribution >= 0.6 is 0 Å². The van der Waals surface area contributed by atoms with Gasteiger partial charge in [-0.1, -0.05) is 12.1 Å². The summed E-state index contributed by atoms with van der Waals surface area (Å²) >= 11 is 0. The number of aromatic hydroxyl groups is 1. The summed E-state index contributed by atoms with van der Waals surface area (Å²) in [5, 5.41) is 11.9. The van der Waals surface area contributed by atoms with E-state index in [4.69, 9.17) is 5.73 Å². The van der Waals surface area contributed by atoms with Crippen molar-refractivity contribution in [1.82, 2.24) is 0 Å². The van der Waals surface area contributed by atoms with Crippen molar-refractivity contribution >= 4 is 21.4 Å². The normalized spacial score (nSPS) is 13.0. The fourth-order valence-corrected chi connectivity index (χ4v) is 1.96. The summed E-state index contributed by atoms with van der Waals surface area (Å²) < 4.78 is 21.9. The number of sulfone groups is 1. The van der Waals surface area contributed by atoms with E-state index in [2.05, 4.69) is 5.32 Å². The van der Waals surface area contributed by atoms with Gasteiger partial charge < -0.3 is 16.2 Å². The molecule has 0 saturated heterocycles. The van der Waals surface area contributed by atoms with Crippen molar-refractivity contribution in [1.29, 1.82) is 0 Å². The number of benzene rings is 1. The number of rotatable bonds is 5. The van der Waals surface area contributed by atoms with Gasteiger partial charge in [0.1, 0.15) is 15.6 Å². The first-order chi connectivity index (χ1) is 8.29. The summed E-state index contributed by atoms with van der Waals surface area (Å²) in [6, 6.07) is 5.29. The molecular weight excluding hydrogens is 256 g/mol. The van der Waals surface area contributed by atoms with Gasteiger partial charge in [0.2, 0.25) is 5.91 Å². The molecule has 1 aromatic rings. The molecule has 0 bridgehead atoms. The fourth-order valence-electron chi connectivity index (χ4n) is 1.28. The van der Waals surface area contributed by atoms with E-state index in [1.54, 1.807) is 12.1 Å². The van der Waals surface area contributed by atoms with Crippen LogP contribution in [-0.2, 0) is 14.6 Å². The van der Waals surface area contributed by atoms with Crippen molar-refractivity contribution in [2.24, 2.45) is 5.73 Å². The Kier molecular flexibility index (Phi) is 4.69. The van der Waals surface area contributed by atoms with Gasteiger partial charge in [0, 0.05) is 6.26 Å². The van der Waals surface area contributed by atoms with Gasteiger partial charge in [-0.05, 0) is 18.6 Å². The molecule has 1 aromatic carbocycles. The average Bonchev–Trinajstić information content (AvgIpc) is 2.28. The lowest BCUT2D eigenvalue weighted by atomic mass is 10.2. The number of para-hydroxylation sites is 2. The van der Waals surface area contributed by atoms with Crippen LogP contribution in [0, 0.1) is 0 Å². The number of hydrogen-bond acceptors (Lipinski definition) is 5. The third kappa shape index (κ3) is 4.72. The van der Waals surface area contributed by atoms with Crippen molar-refractivity contribution in [2.45, 2.75) is 12.5 Å². The van der Waals surface area contributed by atoms with Gasteiger partial charge in [0.15, 0.2) is 0 Å². The molecule has 0 aliphatic heterocycles. The molecule has 100 valence electrons. The van der Waals surface area contributed by atoms with E-state index in [0.29, 0.717) is 0 Å². The molecule has 0 radical (unpaired) electrons. The number of nitrogens with two attached hydrogens (primary N) is 1. The van der Waals surface area contributed by atoms with Crippen LogP contribution in [0.4, 0.5) is 5.69 Å². The molecule has 1 unspecified atom stereocenters. The molecule has 1 rings (SSSR count). The third-order valence-corrected chi connectivity index (χ3v) is 3.28. The molecule has 0 spiro atoms. The number of carbonyl (C=O) groups is 1. The Hall–Kier alpha value is -1.60. The minimum Gasteiger partial charge on any atom is -0.506 e. The van der Waals surface area contributed by atoms with Gasteiger partial charge in [0.25, 0.3) is 0 Å². The first kappa shape index (κ1) is 14.5. The highest BCUT2D eigenvalue weighted by Crippen LogP contribution is 2.21. The second-order valence-electron chi connectivity index (χ2n) is 4.03. The van der Waals surface area contributed by atoms with E-state index in [1.807, 2.05) is 0 Å². The molecule has 0 aliphatic carbocycles. The summed E-state index contributed by atoms with van der Waals surface area (Å²) in [6.07, 6.45) is 1.12. The second kappa shape index (κ2) is 5.83. The van der Waals surface area contributed by atoms with Gasteiger partial charge in [-0.2, -0.15) is 0 Å². The molecule has 4 N–H and O–H groups in total. The van der Waals surface area contributed by atoms with Crippen LogP contribution in [0.1, 0.15) is 6.42 Å². The maximum absolute atomic E-state index is 11.6. The van der Waals surface area contributed by atoms with Gasteiger partial charge >= 0.3 is 0 Å². The summed E-state index contributed by atoms with van der Waals surface area (Å²) in [4.78, 5) is 11.6. The van der Waals surface area contributed by atoms with E-state index in [9.17, 15) is 18.3 Å². The lowest BCUT2D eigenvalue weighted by molar-refractivity contribution is -0.117. The van der Waals surface area contributed by atoms with Crippen molar-refractivity contribution < 1.29 is 18.3 Å². The molecule has 0 heterocycles. The molecule has 0 aliphatic rings. The Morgan fingerprint density at radius 3 is 2.61 bits per heavy atom. The zero-order valence-electron chi connectivity index (χ0n) is 9.96. The van der Waals surface area contributed by atoms with E-state index in [1.165, 1.54) is 12.1 Å². The van der Waals surface area contributed by atoms with Crippen LogP contribution in [0.5, 0.6) is 5.75 Å².